The molecule has 0 aliphatic heterocycles. The van der Waals surface area contributed by atoms with Gasteiger partial charge in [0.05, 0.1) is 16.6 Å². The first-order valence-corrected chi connectivity index (χ1v) is 14.0. The smallest absolute Gasteiger partial charge is 0.137 e. The highest BCUT2D eigenvalue weighted by molar-refractivity contribution is 6.35. The summed E-state index contributed by atoms with van der Waals surface area (Å²) in [4.78, 5) is 0. The third-order valence-corrected chi connectivity index (χ3v) is 9.28. The largest absolute Gasteiger partial charge is 0.456 e. The van der Waals surface area contributed by atoms with E-state index < -0.39 is 0 Å². The van der Waals surface area contributed by atoms with Crippen molar-refractivity contribution in [2.75, 3.05) is 0 Å². The van der Waals surface area contributed by atoms with Gasteiger partial charge in [-0.15, -0.1) is 0 Å². The predicted octanol–water partition coefficient (Wildman–Crippen LogP) is 10.9. The van der Waals surface area contributed by atoms with Gasteiger partial charge in [-0.3, -0.25) is 0 Å². The van der Waals surface area contributed by atoms with Crippen molar-refractivity contribution in [3.8, 4) is 0 Å². The summed E-state index contributed by atoms with van der Waals surface area (Å²) in [5.74, 6) is 0. The molecule has 3 heteroatoms. The maximum absolute atomic E-state index is 6.38. The van der Waals surface area contributed by atoms with Crippen molar-refractivity contribution >= 4 is 104 Å². The second-order valence-electron chi connectivity index (χ2n) is 11.3. The van der Waals surface area contributed by atoms with Gasteiger partial charge in [-0.2, -0.15) is 0 Å². The van der Waals surface area contributed by atoms with Crippen LogP contribution >= 0.6 is 0 Å². The van der Waals surface area contributed by atoms with Crippen LogP contribution in [0.4, 0.5) is 0 Å². The Morgan fingerprint density at radius 3 is 1.68 bits per heavy atom. The summed E-state index contributed by atoms with van der Waals surface area (Å²) in [5.41, 5.74) is 7.22. The van der Waals surface area contributed by atoms with E-state index in [1.54, 1.807) is 0 Å². The minimum absolute atomic E-state index is 0.910. The molecule has 0 N–H and O–H groups in total. The molecular weight excluding hydrogens is 502 g/mol. The Hall–Kier alpha value is -5.54. The van der Waals surface area contributed by atoms with E-state index in [1.165, 1.54) is 48.6 Å². The molecule has 0 aliphatic rings. The molecule has 0 spiro atoms. The number of aromatic nitrogens is 1. The zero-order chi connectivity index (χ0) is 26.4. The lowest BCUT2D eigenvalue weighted by Crippen LogP contribution is -1.80. The summed E-state index contributed by atoms with van der Waals surface area (Å²) in [5, 5.41) is 14.8. The van der Waals surface area contributed by atoms with Crippen LogP contribution in [0.15, 0.2) is 124 Å². The van der Waals surface area contributed by atoms with Gasteiger partial charge in [0.25, 0.3) is 0 Å². The lowest BCUT2D eigenvalue weighted by molar-refractivity contribution is 0.669. The van der Waals surface area contributed by atoms with E-state index in [2.05, 4.69) is 108 Å². The maximum Gasteiger partial charge on any atom is 0.137 e. The quantitative estimate of drug-likeness (QED) is 0.186. The summed E-state index contributed by atoms with van der Waals surface area (Å²) in [7, 11) is 0. The first-order chi connectivity index (χ1) is 20.3. The molecule has 0 fully saturated rings. The van der Waals surface area contributed by atoms with Gasteiger partial charge < -0.3 is 13.2 Å². The van der Waals surface area contributed by atoms with E-state index in [1.807, 2.05) is 12.1 Å². The fourth-order valence-corrected chi connectivity index (χ4v) is 7.53. The molecule has 41 heavy (non-hydrogen) atoms. The van der Waals surface area contributed by atoms with Crippen molar-refractivity contribution in [3.63, 3.8) is 0 Å². The average Bonchev–Trinajstić information content (AvgIpc) is 3.74. The van der Waals surface area contributed by atoms with E-state index in [0.717, 1.165) is 54.9 Å². The molecule has 0 amide bonds. The van der Waals surface area contributed by atoms with Crippen molar-refractivity contribution < 1.29 is 8.83 Å². The fourth-order valence-electron chi connectivity index (χ4n) is 7.53. The highest BCUT2D eigenvalue weighted by atomic mass is 16.3. The summed E-state index contributed by atoms with van der Waals surface area (Å²) in [6, 6.07) is 41.5. The third-order valence-electron chi connectivity index (χ3n) is 9.28. The first-order valence-electron chi connectivity index (χ1n) is 14.0. The van der Waals surface area contributed by atoms with Crippen LogP contribution in [-0.4, -0.2) is 4.40 Å². The Kier molecular flexibility index (Phi) is 3.37. The molecule has 11 aromatic rings. The van der Waals surface area contributed by atoms with Crippen LogP contribution in [0.1, 0.15) is 0 Å². The van der Waals surface area contributed by atoms with Crippen molar-refractivity contribution in [1.82, 2.24) is 4.40 Å². The normalized spacial score (nSPS) is 12.9. The molecule has 188 valence electrons. The van der Waals surface area contributed by atoms with Crippen LogP contribution in [0.25, 0.3) is 104 Å². The highest BCUT2D eigenvalue weighted by Crippen LogP contribution is 2.47. The molecule has 7 aromatic carbocycles. The molecule has 0 atom stereocenters. The van der Waals surface area contributed by atoms with Crippen LogP contribution in [0, 0.1) is 0 Å². The minimum atomic E-state index is 0.910. The summed E-state index contributed by atoms with van der Waals surface area (Å²) < 4.78 is 15.2. The molecular formula is C38H19NO2. The molecule has 11 rings (SSSR count). The topological polar surface area (TPSA) is 30.7 Å². The van der Waals surface area contributed by atoms with Crippen molar-refractivity contribution in [2.45, 2.75) is 0 Å². The second kappa shape index (κ2) is 6.78. The van der Waals surface area contributed by atoms with E-state index in [0.29, 0.717) is 0 Å². The molecule has 4 aromatic heterocycles. The van der Waals surface area contributed by atoms with Crippen LogP contribution in [0.3, 0.4) is 0 Å². The second-order valence-corrected chi connectivity index (χ2v) is 11.3. The average molecular weight is 522 g/mol. The van der Waals surface area contributed by atoms with Crippen LogP contribution in [0.2, 0.25) is 0 Å². The van der Waals surface area contributed by atoms with Crippen LogP contribution in [-0.2, 0) is 0 Å². The van der Waals surface area contributed by atoms with Crippen LogP contribution < -0.4 is 0 Å². The summed E-state index contributed by atoms with van der Waals surface area (Å²) >= 11 is 0. The molecule has 0 saturated heterocycles. The SMILES string of the molecule is c1ccc2c(c1)ccc1c2cc2c3cc4c(cc3n3c5cc6oc7ccccc7c6cc5c1c23)oc1ccccc14. The number of nitrogens with zero attached hydrogens (tertiary/aromatic N) is 1. The Bertz CT molecular complexity index is 2910. The Morgan fingerprint density at radius 2 is 0.951 bits per heavy atom. The zero-order valence-corrected chi connectivity index (χ0v) is 21.7. The molecule has 0 bridgehead atoms. The van der Waals surface area contributed by atoms with Gasteiger partial charge in [0, 0.05) is 55.2 Å². The highest BCUT2D eigenvalue weighted by Gasteiger charge is 2.23. The number of para-hydroxylation sites is 2. The molecule has 0 aliphatic carbocycles. The maximum atomic E-state index is 6.38. The van der Waals surface area contributed by atoms with Crippen LogP contribution in [0.5, 0.6) is 0 Å². The number of fused-ring (bicyclic) bond motifs is 16. The van der Waals surface area contributed by atoms with E-state index in [-0.39, 0.29) is 0 Å². The molecule has 3 nitrogen and oxygen atoms in total. The standard InChI is InChI=1S/C38H19NO2/c1-2-8-21-20(7-1)13-14-24-25(21)15-29-26-16-27-22-9-3-5-11-33(22)40-35(27)18-31(26)39-32-19-36-28(17-30(32)37(24)38(29)39)23-10-4-6-12-34(23)41-36/h1-19H. The monoisotopic (exact) mass is 521 g/mol. The van der Waals surface area contributed by atoms with E-state index in [4.69, 9.17) is 8.83 Å². The molecule has 0 saturated carbocycles. The fraction of sp³-hybridized carbons (Fsp3) is 0. The number of hydrogen-bond donors (Lipinski definition) is 0. The Labute approximate surface area is 231 Å². The van der Waals surface area contributed by atoms with Crippen molar-refractivity contribution in [3.05, 3.63) is 115 Å². The van der Waals surface area contributed by atoms with Gasteiger partial charge in [-0.05, 0) is 51.9 Å². The van der Waals surface area contributed by atoms with Gasteiger partial charge in [-0.25, -0.2) is 0 Å². The molecule has 0 unspecified atom stereocenters. The zero-order valence-electron chi connectivity index (χ0n) is 21.7. The van der Waals surface area contributed by atoms with Crippen molar-refractivity contribution in [1.29, 1.82) is 0 Å². The summed E-state index contributed by atoms with van der Waals surface area (Å²) in [6.45, 7) is 0. The molecule has 0 radical (unpaired) electrons. The Morgan fingerprint density at radius 1 is 0.366 bits per heavy atom. The third kappa shape index (κ3) is 2.34. The van der Waals surface area contributed by atoms with Gasteiger partial charge in [0.15, 0.2) is 0 Å². The predicted molar refractivity (Wildman–Crippen MR) is 171 cm³/mol. The summed E-state index contributed by atoms with van der Waals surface area (Å²) in [6.07, 6.45) is 0. The van der Waals surface area contributed by atoms with Gasteiger partial charge >= 0.3 is 0 Å². The van der Waals surface area contributed by atoms with Crippen molar-refractivity contribution in [2.24, 2.45) is 0 Å². The number of hydrogen-bond acceptors (Lipinski definition) is 2. The number of furan rings is 2. The first kappa shape index (κ1) is 20.4. The molecule has 4 heterocycles. The lowest BCUT2D eigenvalue weighted by Gasteiger charge is -2.07. The van der Waals surface area contributed by atoms with Gasteiger partial charge in [0.1, 0.15) is 22.3 Å². The lowest BCUT2D eigenvalue weighted by atomic mass is 9.95. The number of rotatable bonds is 0. The van der Waals surface area contributed by atoms with Gasteiger partial charge in [-0.1, -0.05) is 72.8 Å². The number of benzene rings is 7. The van der Waals surface area contributed by atoms with E-state index >= 15 is 0 Å². The minimum Gasteiger partial charge on any atom is -0.456 e. The Balaban J connectivity index is 1.46. The van der Waals surface area contributed by atoms with Gasteiger partial charge in [0.2, 0.25) is 0 Å². The van der Waals surface area contributed by atoms with E-state index in [9.17, 15) is 0 Å².